The van der Waals surface area contributed by atoms with Crippen molar-refractivity contribution < 1.29 is 0 Å². The lowest BCUT2D eigenvalue weighted by molar-refractivity contribution is 0.396. The van der Waals surface area contributed by atoms with Crippen LogP contribution in [0.4, 0.5) is 0 Å². The number of fused-ring (bicyclic) bond motifs is 16. The summed E-state index contributed by atoms with van der Waals surface area (Å²) in [5, 5.41) is 0. The van der Waals surface area contributed by atoms with Crippen LogP contribution in [-0.4, -0.2) is 8.75 Å². The molecule has 0 radical (unpaired) electrons. The van der Waals surface area contributed by atoms with Crippen LogP contribution in [0.25, 0.3) is 53.5 Å². The molecule has 3 saturated carbocycles. The number of thiophene rings is 2. The maximum absolute atomic E-state index is 5.07. The number of hydrogen-bond acceptors (Lipinski definition) is 5. The van der Waals surface area contributed by atoms with Gasteiger partial charge >= 0.3 is 0 Å². The minimum atomic E-state index is 0.0111. The third kappa shape index (κ3) is 10.3. The van der Waals surface area contributed by atoms with Crippen molar-refractivity contribution in [2.24, 2.45) is 34.0 Å². The SMILES string of the molecule is CCCCCCCC1C(C)(CCCCCCC)C12c1cc3c(cc1-c1cc4c(cc12)-c1sc(-c2ccc(C)c5nsnc25)cc1C41C(CCCCCCC)C1(C)CCCCCCC)C1(c2cc(C)sc2-3)C(CCCCCCC)C1(C)CCCCCCC. The molecule has 3 spiro atoms. The molecular formula is C82H116N2S3. The summed E-state index contributed by atoms with van der Waals surface area (Å²) < 4.78 is 9.98. The van der Waals surface area contributed by atoms with Crippen LogP contribution < -0.4 is 0 Å². The van der Waals surface area contributed by atoms with Crippen LogP contribution >= 0.6 is 34.4 Å². The van der Waals surface area contributed by atoms with Gasteiger partial charge in [0.1, 0.15) is 11.0 Å². The van der Waals surface area contributed by atoms with Gasteiger partial charge in [-0.25, -0.2) is 0 Å². The number of benzene rings is 3. The van der Waals surface area contributed by atoms with E-state index < -0.39 is 0 Å². The standard InChI is InChI=1S/C82H116N2S3/c1-12-18-24-30-36-42-70-77(9,47-39-33-27-21-15-4)80(70)63-53-61-65(81(67-50-57(8)85-75(61)67)71(43-37-31-25-19-13-2)78(81,10)48-40-34-28-22-16-5)51-59(63)60-52-66-62(54-64(60)80)76-68(55-69(86-76)58-46-45-56(7)73-74(58)84-87-83-73)82(66)72(44-38-32-26-20-14-3)79(82,11)49-41-35-29-23-17-6/h45-46,50-55,70-72H,12-44,47-49H2,1-11H3. The Kier molecular flexibility index (Phi) is 19.5. The second-order valence-electron chi connectivity index (χ2n) is 30.7. The fourth-order valence-corrected chi connectivity index (χ4v) is 24.1. The molecule has 3 aromatic heterocycles. The first kappa shape index (κ1) is 64.0. The summed E-state index contributed by atoms with van der Waals surface area (Å²) in [5.41, 5.74) is 22.6. The van der Waals surface area contributed by atoms with Crippen molar-refractivity contribution in [2.75, 3.05) is 0 Å². The fraction of sp³-hybridized carbons (Fsp3) is 0.683. The van der Waals surface area contributed by atoms with E-state index in [2.05, 4.69) is 147 Å². The van der Waals surface area contributed by atoms with Gasteiger partial charge < -0.3 is 0 Å². The predicted octanol–water partition coefficient (Wildman–Crippen LogP) is 27.0. The molecule has 6 aliphatic rings. The van der Waals surface area contributed by atoms with Gasteiger partial charge in [-0.1, -0.05) is 267 Å². The molecule has 9 unspecified atom stereocenters. The van der Waals surface area contributed by atoms with Gasteiger partial charge in [0.25, 0.3) is 0 Å². The van der Waals surface area contributed by atoms with Gasteiger partial charge in [0.05, 0.1) is 11.7 Å². The molecule has 9 atom stereocenters. The van der Waals surface area contributed by atoms with E-state index in [4.69, 9.17) is 8.75 Å². The van der Waals surface area contributed by atoms with E-state index in [9.17, 15) is 0 Å². The van der Waals surface area contributed by atoms with E-state index in [-0.39, 0.29) is 32.5 Å². The normalized spacial score (nSPS) is 27.2. The third-order valence-electron chi connectivity index (χ3n) is 25.6. The maximum Gasteiger partial charge on any atom is 0.113 e. The summed E-state index contributed by atoms with van der Waals surface area (Å²) >= 11 is 5.69. The molecule has 12 rings (SSSR count). The Morgan fingerprint density at radius 3 is 1.11 bits per heavy atom. The lowest BCUT2D eigenvalue weighted by Gasteiger charge is -2.24. The number of aromatic nitrogens is 2. The Balaban J connectivity index is 1.08. The summed E-state index contributed by atoms with van der Waals surface area (Å²) in [6.07, 6.45) is 48.9. The second kappa shape index (κ2) is 26.5. The lowest BCUT2D eigenvalue weighted by atomic mass is 9.79. The first-order valence-electron chi connectivity index (χ1n) is 37.3. The smallest absolute Gasteiger partial charge is 0.113 e. The Morgan fingerprint density at radius 2 is 0.690 bits per heavy atom. The Morgan fingerprint density at radius 1 is 0.345 bits per heavy atom. The molecule has 0 bridgehead atoms. The van der Waals surface area contributed by atoms with Crippen molar-refractivity contribution in [1.29, 1.82) is 0 Å². The topological polar surface area (TPSA) is 25.8 Å². The van der Waals surface area contributed by atoms with Crippen LogP contribution in [0, 0.1) is 47.8 Å². The second-order valence-corrected chi connectivity index (χ2v) is 33.5. The van der Waals surface area contributed by atoms with E-state index in [1.54, 1.807) is 65.4 Å². The van der Waals surface area contributed by atoms with Crippen molar-refractivity contribution in [3.63, 3.8) is 0 Å². The van der Waals surface area contributed by atoms with Crippen molar-refractivity contribution in [1.82, 2.24) is 8.75 Å². The van der Waals surface area contributed by atoms with Crippen molar-refractivity contribution in [2.45, 2.75) is 324 Å². The predicted molar refractivity (Wildman–Crippen MR) is 382 cm³/mol. The summed E-state index contributed by atoms with van der Waals surface area (Å²) in [6.45, 7) is 27.5. The van der Waals surface area contributed by atoms with E-state index in [1.807, 2.05) is 0 Å². The summed E-state index contributed by atoms with van der Waals surface area (Å²) in [7, 11) is 0. The largest absolute Gasteiger partial charge is 0.173 e. The average Bonchev–Trinajstić information content (AvgIpc) is 1.45. The highest BCUT2D eigenvalue weighted by atomic mass is 32.1. The van der Waals surface area contributed by atoms with Gasteiger partial charge in [-0.15, -0.1) is 22.7 Å². The van der Waals surface area contributed by atoms with E-state index in [0.29, 0.717) is 17.8 Å². The molecule has 3 heterocycles. The molecule has 6 aliphatic carbocycles. The monoisotopic (exact) mass is 1220 g/mol. The van der Waals surface area contributed by atoms with Crippen molar-refractivity contribution in [3.8, 4) is 42.4 Å². The lowest BCUT2D eigenvalue weighted by Crippen LogP contribution is -2.18. The van der Waals surface area contributed by atoms with E-state index >= 15 is 0 Å². The molecule has 0 N–H and O–H groups in total. The summed E-state index contributed by atoms with van der Waals surface area (Å²) in [6, 6.07) is 22.2. The number of hydrogen-bond donors (Lipinski definition) is 0. The zero-order valence-electron chi connectivity index (χ0n) is 56.9. The Bertz CT molecular complexity index is 3350. The number of rotatable bonds is 37. The Hall–Kier alpha value is -3.12. The van der Waals surface area contributed by atoms with Crippen LogP contribution in [0.2, 0.25) is 0 Å². The molecule has 87 heavy (non-hydrogen) atoms. The first-order valence-corrected chi connectivity index (χ1v) is 39.6. The number of unbranched alkanes of at least 4 members (excludes halogenated alkanes) is 24. The maximum atomic E-state index is 5.07. The highest BCUT2D eigenvalue weighted by Gasteiger charge is 2.80. The molecule has 0 saturated heterocycles. The minimum absolute atomic E-state index is 0.0111. The molecule has 5 heteroatoms. The van der Waals surface area contributed by atoms with Gasteiger partial charge in [0.2, 0.25) is 0 Å². The highest BCUT2D eigenvalue weighted by molar-refractivity contribution is 7.19. The van der Waals surface area contributed by atoms with Crippen molar-refractivity contribution in [3.05, 3.63) is 92.4 Å². The Labute approximate surface area is 542 Å². The number of aryl methyl sites for hydroxylation is 2. The fourth-order valence-electron chi connectivity index (χ4n) is 21.1. The van der Waals surface area contributed by atoms with Gasteiger partial charge in [-0.2, -0.15) is 8.75 Å². The molecule has 3 fully saturated rings. The molecule has 2 nitrogen and oxygen atoms in total. The van der Waals surface area contributed by atoms with Crippen LogP contribution in [0.15, 0.2) is 48.5 Å². The zero-order chi connectivity index (χ0) is 60.8. The van der Waals surface area contributed by atoms with Gasteiger partial charge in [0.15, 0.2) is 0 Å². The molecule has 3 aromatic carbocycles. The third-order valence-corrected chi connectivity index (χ3v) is 28.4. The number of nitrogens with zero attached hydrogens (tertiary/aromatic N) is 2. The summed E-state index contributed by atoms with van der Waals surface area (Å²) in [5.74, 6) is 1.99. The summed E-state index contributed by atoms with van der Waals surface area (Å²) in [4.78, 5) is 6.20. The molecule has 6 aromatic rings. The molecular weight excluding hydrogens is 1110 g/mol. The zero-order valence-corrected chi connectivity index (χ0v) is 59.4. The van der Waals surface area contributed by atoms with Crippen LogP contribution in [-0.2, 0) is 16.2 Å². The van der Waals surface area contributed by atoms with Crippen LogP contribution in [0.3, 0.4) is 0 Å². The molecule has 472 valence electrons. The van der Waals surface area contributed by atoms with Gasteiger partial charge in [0, 0.05) is 41.3 Å². The van der Waals surface area contributed by atoms with Crippen molar-refractivity contribution >= 4 is 45.4 Å². The van der Waals surface area contributed by atoms with Gasteiger partial charge in [-0.3, -0.25) is 0 Å². The van der Waals surface area contributed by atoms with Crippen LogP contribution in [0.1, 0.15) is 337 Å². The van der Waals surface area contributed by atoms with E-state index in [1.165, 1.54) is 264 Å². The quantitative estimate of drug-likeness (QED) is 0.0363. The molecule has 0 amide bonds. The van der Waals surface area contributed by atoms with E-state index in [0.717, 1.165) is 11.0 Å². The average molecular weight is 1230 g/mol. The van der Waals surface area contributed by atoms with Crippen LogP contribution in [0.5, 0.6) is 0 Å². The van der Waals surface area contributed by atoms with Gasteiger partial charge in [-0.05, 0) is 184 Å². The first-order chi connectivity index (χ1) is 42.4. The highest BCUT2D eigenvalue weighted by Crippen LogP contribution is 2.86. The molecule has 0 aliphatic heterocycles. The minimum Gasteiger partial charge on any atom is -0.173 e.